The van der Waals surface area contributed by atoms with E-state index < -0.39 is 11.9 Å². The van der Waals surface area contributed by atoms with Crippen LogP contribution in [0.3, 0.4) is 0 Å². The zero-order valence-corrected chi connectivity index (χ0v) is 14.9. The van der Waals surface area contributed by atoms with Gasteiger partial charge in [-0.15, -0.1) is 0 Å². The Labute approximate surface area is 158 Å². The third-order valence-corrected chi connectivity index (χ3v) is 5.06. The lowest BCUT2D eigenvalue weighted by atomic mass is 10.0. The van der Waals surface area contributed by atoms with E-state index in [1.165, 1.54) is 0 Å². The van der Waals surface area contributed by atoms with Crippen LogP contribution in [0.1, 0.15) is 30.9 Å². The molecule has 1 saturated carbocycles. The highest BCUT2D eigenvalue weighted by atomic mass is 16.2. The summed E-state index contributed by atoms with van der Waals surface area (Å²) in [6.07, 6.45) is 2.42. The molecular weight excluding hydrogens is 340 g/mol. The Balaban J connectivity index is 1.55. The van der Waals surface area contributed by atoms with Gasteiger partial charge in [-0.25, -0.2) is 0 Å². The molecule has 2 aromatic carbocycles. The molecule has 2 aliphatic rings. The monoisotopic (exact) mass is 362 g/mol. The van der Waals surface area contributed by atoms with Crippen molar-refractivity contribution in [3.63, 3.8) is 0 Å². The molecule has 138 valence electrons. The minimum absolute atomic E-state index is 0.0285. The number of nitrogens with two attached hydrogens (primary N) is 1. The number of nitrogens with zero attached hydrogens (tertiary/aromatic N) is 2. The van der Waals surface area contributed by atoms with Crippen molar-refractivity contribution < 1.29 is 9.59 Å². The highest BCUT2D eigenvalue weighted by Gasteiger charge is 2.38. The molecule has 1 aliphatic heterocycles. The first-order valence-corrected chi connectivity index (χ1v) is 9.20. The number of nitrogens with one attached hydrogen (secondary N) is 1. The Morgan fingerprint density at radius 3 is 2.26 bits per heavy atom. The fourth-order valence-corrected chi connectivity index (χ4v) is 3.48. The molecule has 2 aromatic rings. The van der Waals surface area contributed by atoms with E-state index in [-0.39, 0.29) is 18.4 Å². The van der Waals surface area contributed by atoms with Gasteiger partial charge in [-0.3, -0.25) is 14.6 Å². The average molecular weight is 362 g/mol. The van der Waals surface area contributed by atoms with Crippen LogP contribution >= 0.6 is 0 Å². The molecule has 3 N–H and O–H groups in total. The Morgan fingerprint density at radius 1 is 1.04 bits per heavy atom. The zero-order chi connectivity index (χ0) is 18.8. The first kappa shape index (κ1) is 17.3. The van der Waals surface area contributed by atoms with Crippen LogP contribution in [0.5, 0.6) is 0 Å². The van der Waals surface area contributed by atoms with Crippen molar-refractivity contribution in [3.8, 4) is 0 Å². The molecule has 0 spiro atoms. The molecule has 0 bridgehead atoms. The van der Waals surface area contributed by atoms with E-state index in [1.54, 1.807) is 5.01 Å². The fraction of sp³-hybridized carbons (Fsp3) is 0.286. The highest BCUT2D eigenvalue weighted by Crippen LogP contribution is 2.41. The Morgan fingerprint density at radius 2 is 1.67 bits per heavy atom. The number of anilines is 1. The number of para-hydroxylation sites is 1. The molecule has 27 heavy (non-hydrogen) atoms. The SMILES string of the molecule is NC(=O)[C@H]1CC(C(=O)N[C@H](c2ccccc2)C2CC2)=NN1c1ccccc1. The van der Waals surface area contributed by atoms with Gasteiger partial charge in [-0.1, -0.05) is 48.5 Å². The van der Waals surface area contributed by atoms with Gasteiger partial charge >= 0.3 is 0 Å². The second kappa shape index (κ2) is 7.23. The van der Waals surface area contributed by atoms with Crippen molar-refractivity contribution in [3.05, 3.63) is 66.2 Å². The van der Waals surface area contributed by atoms with Gasteiger partial charge in [-0.05, 0) is 36.5 Å². The third-order valence-electron chi connectivity index (χ3n) is 5.06. The Hall–Kier alpha value is -3.15. The highest BCUT2D eigenvalue weighted by molar-refractivity contribution is 6.40. The molecule has 0 radical (unpaired) electrons. The lowest BCUT2D eigenvalue weighted by Crippen LogP contribution is -2.40. The lowest BCUT2D eigenvalue weighted by Gasteiger charge is -2.20. The number of benzene rings is 2. The average Bonchev–Trinajstić information content (AvgIpc) is 3.43. The van der Waals surface area contributed by atoms with Gasteiger partial charge in [0, 0.05) is 6.42 Å². The van der Waals surface area contributed by atoms with E-state index in [0.29, 0.717) is 11.6 Å². The van der Waals surface area contributed by atoms with Crippen LogP contribution in [-0.4, -0.2) is 23.6 Å². The standard InChI is InChI=1S/C21H22N4O2/c22-20(26)18-13-17(24-25(18)16-9-5-2-6-10-16)21(27)23-19(15-11-12-15)14-7-3-1-4-8-14/h1-10,15,18-19H,11-13H2,(H2,22,26)(H,23,27)/t18-,19-/m1/s1. The predicted molar refractivity (Wildman–Crippen MR) is 104 cm³/mol. The fourth-order valence-electron chi connectivity index (χ4n) is 3.48. The molecule has 0 saturated heterocycles. The normalized spacial score (nSPS) is 20.1. The molecular formula is C21H22N4O2. The molecule has 1 fully saturated rings. The molecule has 6 nitrogen and oxygen atoms in total. The van der Waals surface area contributed by atoms with E-state index >= 15 is 0 Å². The van der Waals surface area contributed by atoms with Gasteiger partial charge in [0.1, 0.15) is 11.8 Å². The number of carbonyl (C=O) groups is 2. The first-order chi connectivity index (χ1) is 13.1. The second-order valence-electron chi connectivity index (χ2n) is 7.05. The van der Waals surface area contributed by atoms with E-state index in [9.17, 15) is 9.59 Å². The Bertz CT molecular complexity index is 862. The molecule has 0 aromatic heterocycles. The summed E-state index contributed by atoms with van der Waals surface area (Å²) in [6, 6.07) is 18.6. The van der Waals surface area contributed by atoms with Crippen molar-refractivity contribution in [1.82, 2.24) is 5.32 Å². The minimum atomic E-state index is -0.649. The van der Waals surface area contributed by atoms with E-state index in [1.807, 2.05) is 60.7 Å². The van der Waals surface area contributed by atoms with Crippen LogP contribution in [0, 0.1) is 5.92 Å². The van der Waals surface area contributed by atoms with E-state index in [0.717, 1.165) is 24.1 Å². The van der Waals surface area contributed by atoms with Gasteiger partial charge in [0.05, 0.1) is 11.7 Å². The third kappa shape index (κ3) is 3.69. The van der Waals surface area contributed by atoms with Crippen molar-refractivity contribution in [2.75, 3.05) is 5.01 Å². The van der Waals surface area contributed by atoms with Crippen molar-refractivity contribution in [2.24, 2.45) is 16.8 Å². The number of hydrogen-bond acceptors (Lipinski definition) is 4. The summed E-state index contributed by atoms with van der Waals surface area (Å²) in [7, 11) is 0. The predicted octanol–water partition coefficient (Wildman–Crippen LogP) is 2.37. The Kier molecular flexibility index (Phi) is 4.62. The van der Waals surface area contributed by atoms with E-state index in [2.05, 4.69) is 10.4 Å². The minimum Gasteiger partial charge on any atom is -0.368 e. The largest absolute Gasteiger partial charge is 0.368 e. The maximum absolute atomic E-state index is 12.9. The maximum Gasteiger partial charge on any atom is 0.268 e. The summed E-state index contributed by atoms with van der Waals surface area (Å²) in [5.74, 6) is -0.275. The van der Waals surface area contributed by atoms with Gasteiger partial charge in [-0.2, -0.15) is 5.10 Å². The quantitative estimate of drug-likeness (QED) is 0.827. The molecule has 4 rings (SSSR count). The van der Waals surface area contributed by atoms with Crippen LogP contribution in [0.25, 0.3) is 0 Å². The second-order valence-corrected chi connectivity index (χ2v) is 7.05. The smallest absolute Gasteiger partial charge is 0.268 e. The van der Waals surface area contributed by atoms with Crippen LogP contribution < -0.4 is 16.1 Å². The maximum atomic E-state index is 12.9. The van der Waals surface area contributed by atoms with Crippen LogP contribution in [0.15, 0.2) is 65.8 Å². The summed E-state index contributed by atoms with van der Waals surface area (Å²) >= 11 is 0. The van der Waals surface area contributed by atoms with Crippen LogP contribution in [0.2, 0.25) is 0 Å². The first-order valence-electron chi connectivity index (χ1n) is 9.20. The van der Waals surface area contributed by atoms with Gasteiger partial charge in [0.2, 0.25) is 5.91 Å². The number of rotatable bonds is 6. The van der Waals surface area contributed by atoms with Gasteiger partial charge < -0.3 is 11.1 Å². The van der Waals surface area contributed by atoms with Crippen molar-refractivity contribution >= 4 is 23.2 Å². The van der Waals surface area contributed by atoms with E-state index in [4.69, 9.17) is 5.73 Å². The molecule has 6 heteroatoms. The summed E-state index contributed by atoms with van der Waals surface area (Å²) < 4.78 is 0. The molecule has 2 amide bonds. The summed E-state index contributed by atoms with van der Waals surface area (Å²) in [6.45, 7) is 0. The number of amides is 2. The van der Waals surface area contributed by atoms with Crippen LogP contribution in [0.4, 0.5) is 5.69 Å². The number of hydrazone groups is 1. The van der Waals surface area contributed by atoms with Gasteiger partial charge in [0.25, 0.3) is 5.91 Å². The van der Waals surface area contributed by atoms with Crippen molar-refractivity contribution in [2.45, 2.75) is 31.3 Å². The molecule has 2 atom stereocenters. The molecule has 1 heterocycles. The molecule has 0 unspecified atom stereocenters. The van der Waals surface area contributed by atoms with Gasteiger partial charge in [0.15, 0.2) is 0 Å². The topological polar surface area (TPSA) is 87.8 Å². The van der Waals surface area contributed by atoms with Crippen LogP contribution in [-0.2, 0) is 9.59 Å². The number of primary amides is 1. The summed E-state index contributed by atoms with van der Waals surface area (Å²) in [5.41, 5.74) is 7.73. The lowest BCUT2D eigenvalue weighted by molar-refractivity contribution is -0.119. The summed E-state index contributed by atoms with van der Waals surface area (Å²) in [4.78, 5) is 24.8. The number of carbonyl (C=O) groups excluding carboxylic acids is 2. The zero-order valence-electron chi connectivity index (χ0n) is 14.9. The molecule has 1 aliphatic carbocycles. The van der Waals surface area contributed by atoms with Crippen molar-refractivity contribution in [1.29, 1.82) is 0 Å². The number of hydrogen-bond donors (Lipinski definition) is 2. The summed E-state index contributed by atoms with van der Waals surface area (Å²) in [5, 5.41) is 9.09.